The van der Waals surface area contributed by atoms with Crippen LogP contribution in [0.15, 0.2) is 0 Å². The lowest BCUT2D eigenvalue weighted by atomic mass is 10.1. The molecule has 0 aromatic rings. The van der Waals surface area contributed by atoms with Crippen molar-refractivity contribution in [2.75, 3.05) is 26.3 Å². The van der Waals surface area contributed by atoms with Crippen LogP contribution >= 0.6 is 0 Å². The standard InChI is InChI=1S/C12H22N2O3/c15-11-5-3-1-2-4-10(11)13-12(16)14-6-8-17-9-7-14/h10-11,15H,1-9H2,(H,13,16). The Hall–Kier alpha value is -0.810. The number of carbonyl (C=O) groups excluding carboxylic acids is 1. The Balaban J connectivity index is 1.83. The van der Waals surface area contributed by atoms with E-state index in [4.69, 9.17) is 4.74 Å². The first kappa shape index (κ1) is 12.6. The van der Waals surface area contributed by atoms with Gasteiger partial charge in [-0.25, -0.2) is 4.79 Å². The van der Waals surface area contributed by atoms with E-state index >= 15 is 0 Å². The van der Waals surface area contributed by atoms with Crippen LogP contribution in [0.4, 0.5) is 4.79 Å². The number of amides is 2. The van der Waals surface area contributed by atoms with Crippen molar-refractivity contribution in [1.29, 1.82) is 0 Å². The summed E-state index contributed by atoms with van der Waals surface area (Å²) in [4.78, 5) is 13.7. The maximum Gasteiger partial charge on any atom is 0.317 e. The fourth-order valence-corrected chi connectivity index (χ4v) is 2.47. The van der Waals surface area contributed by atoms with Gasteiger partial charge in [0.2, 0.25) is 0 Å². The molecule has 2 N–H and O–H groups in total. The lowest BCUT2D eigenvalue weighted by Crippen LogP contribution is -2.51. The normalized spacial score (nSPS) is 30.8. The fraction of sp³-hybridized carbons (Fsp3) is 0.917. The third kappa shape index (κ3) is 3.57. The van der Waals surface area contributed by atoms with Crippen molar-refractivity contribution in [3.05, 3.63) is 0 Å². The first-order chi connectivity index (χ1) is 8.27. The van der Waals surface area contributed by atoms with Gasteiger partial charge in [-0.15, -0.1) is 0 Å². The highest BCUT2D eigenvalue weighted by Gasteiger charge is 2.25. The number of aliphatic hydroxyl groups is 1. The van der Waals surface area contributed by atoms with Crippen molar-refractivity contribution in [2.45, 2.75) is 44.2 Å². The van der Waals surface area contributed by atoms with Gasteiger partial charge in [-0.05, 0) is 12.8 Å². The van der Waals surface area contributed by atoms with Crippen molar-refractivity contribution in [3.63, 3.8) is 0 Å². The molecular formula is C12H22N2O3. The largest absolute Gasteiger partial charge is 0.391 e. The van der Waals surface area contributed by atoms with E-state index in [9.17, 15) is 9.90 Å². The first-order valence-corrected chi connectivity index (χ1v) is 6.58. The molecule has 2 atom stereocenters. The van der Waals surface area contributed by atoms with E-state index in [1.807, 2.05) is 0 Å². The van der Waals surface area contributed by atoms with Gasteiger partial charge < -0.3 is 20.1 Å². The molecule has 0 aromatic heterocycles. The number of aliphatic hydroxyl groups excluding tert-OH is 1. The monoisotopic (exact) mass is 242 g/mol. The Morgan fingerprint density at radius 1 is 1.18 bits per heavy atom. The van der Waals surface area contributed by atoms with Crippen LogP contribution < -0.4 is 5.32 Å². The van der Waals surface area contributed by atoms with E-state index in [-0.39, 0.29) is 18.2 Å². The summed E-state index contributed by atoms with van der Waals surface area (Å²) in [5.74, 6) is 0. The molecule has 2 unspecified atom stereocenters. The molecule has 98 valence electrons. The molecule has 1 aliphatic carbocycles. The molecule has 1 aliphatic heterocycles. The summed E-state index contributed by atoms with van der Waals surface area (Å²) in [6.45, 7) is 2.52. The number of ether oxygens (including phenoxy) is 1. The van der Waals surface area contributed by atoms with E-state index in [2.05, 4.69) is 5.32 Å². The zero-order chi connectivity index (χ0) is 12.1. The van der Waals surface area contributed by atoms with Gasteiger partial charge in [-0.3, -0.25) is 0 Å². The zero-order valence-corrected chi connectivity index (χ0v) is 10.2. The molecule has 0 aromatic carbocycles. The lowest BCUT2D eigenvalue weighted by Gasteiger charge is -2.30. The van der Waals surface area contributed by atoms with Crippen molar-refractivity contribution >= 4 is 6.03 Å². The summed E-state index contributed by atoms with van der Waals surface area (Å²) >= 11 is 0. The average molecular weight is 242 g/mol. The predicted molar refractivity (Wildman–Crippen MR) is 63.8 cm³/mol. The van der Waals surface area contributed by atoms with Gasteiger partial charge in [-0.1, -0.05) is 19.3 Å². The van der Waals surface area contributed by atoms with Gasteiger partial charge in [0.05, 0.1) is 25.4 Å². The lowest BCUT2D eigenvalue weighted by molar-refractivity contribution is 0.0493. The van der Waals surface area contributed by atoms with E-state index in [1.165, 1.54) is 0 Å². The molecule has 2 aliphatic rings. The number of carbonyl (C=O) groups is 1. The van der Waals surface area contributed by atoms with Gasteiger partial charge in [-0.2, -0.15) is 0 Å². The number of hydrogen-bond acceptors (Lipinski definition) is 3. The van der Waals surface area contributed by atoms with Crippen LogP contribution in [-0.2, 0) is 4.74 Å². The first-order valence-electron chi connectivity index (χ1n) is 6.58. The van der Waals surface area contributed by atoms with E-state index < -0.39 is 0 Å². The van der Waals surface area contributed by atoms with Crippen molar-refractivity contribution in [3.8, 4) is 0 Å². The Morgan fingerprint density at radius 3 is 2.65 bits per heavy atom. The van der Waals surface area contributed by atoms with Crippen LogP contribution in [0.25, 0.3) is 0 Å². The van der Waals surface area contributed by atoms with Gasteiger partial charge in [0, 0.05) is 13.1 Å². The Morgan fingerprint density at radius 2 is 1.88 bits per heavy atom. The Bertz CT molecular complexity index is 254. The maximum absolute atomic E-state index is 12.0. The summed E-state index contributed by atoms with van der Waals surface area (Å²) < 4.78 is 5.21. The number of morpholine rings is 1. The minimum Gasteiger partial charge on any atom is -0.391 e. The van der Waals surface area contributed by atoms with Crippen molar-refractivity contribution < 1.29 is 14.6 Å². The molecule has 2 rings (SSSR count). The van der Waals surface area contributed by atoms with Crippen LogP contribution in [0.2, 0.25) is 0 Å². The molecular weight excluding hydrogens is 220 g/mol. The van der Waals surface area contributed by atoms with Crippen LogP contribution in [0, 0.1) is 0 Å². The number of nitrogens with zero attached hydrogens (tertiary/aromatic N) is 1. The molecule has 2 fully saturated rings. The van der Waals surface area contributed by atoms with Gasteiger partial charge >= 0.3 is 6.03 Å². The molecule has 0 bridgehead atoms. The number of nitrogens with one attached hydrogen (secondary N) is 1. The molecule has 1 heterocycles. The highest BCUT2D eigenvalue weighted by molar-refractivity contribution is 5.74. The zero-order valence-electron chi connectivity index (χ0n) is 10.2. The highest BCUT2D eigenvalue weighted by atomic mass is 16.5. The predicted octanol–water partition coefficient (Wildman–Crippen LogP) is 0.722. The van der Waals surface area contributed by atoms with E-state index in [1.54, 1.807) is 4.90 Å². The molecule has 5 heteroatoms. The summed E-state index contributed by atoms with van der Waals surface area (Å²) in [7, 11) is 0. The van der Waals surface area contributed by atoms with Crippen molar-refractivity contribution in [2.24, 2.45) is 0 Å². The molecule has 0 spiro atoms. The molecule has 5 nitrogen and oxygen atoms in total. The number of hydrogen-bond donors (Lipinski definition) is 2. The molecule has 1 saturated heterocycles. The van der Waals surface area contributed by atoms with Crippen molar-refractivity contribution in [1.82, 2.24) is 10.2 Å². The summed E-state index contributed by atoms with van der Waals surface area (Å²) in [5.41, 5.74) is 0. The minimum atomic E-state index is -0.387. The maximum atomic E-state index is 12.0. The second-order valence-electron chi connectivity index (χ2n) is 4.86. The molecule has 2 amide bonds. The van der Waals surface area contributed by atoms with Gasteiger partial charge in [0.1, 0.15) is 0 Å². The summed E-state index contributed by atoms with van der Waals surface area (Å²) in [5, 5.41) is 12.9. The highest BCUT2D eigenvalue weighted by Crippen LogP contribution is 2.18. The van der Waals surface area contributed by atoms with Gasteiger partial charge in [0.25, 0.3) is 0 Å². The van der Waals surface area contributed by atoms with Crippen LogP contribution in [0.3, 0.4) is 0 Å². The average Bonchev–Trinajstić information content (AvgIpc) is 2.56. The molecule has 0 radical (unpaired) electrons. The van der Waals surface area contributed by atoms with Gasteiger partial charge in [0.15, 0.2) is 0 Å². The summed E-state index contributed by atoms with van der Waals surface area (Å²) in [6.07, 6.45) is 4.60. The van der Waals surface area contributed by atoms with E-state index in [0.29, 0.717) is 26.3 Å². The van der Waals surface area contributed by atoms with Crippen LogP contribution in [-0.4, -0.2) is 54.5 Å². The Labute approximate surface area is 102 Å². The second kappa shape index (κ2) is 6.21. The smallest absolute Gasteiger partial charge is 0.317 e. The number of urea groups is 1. The molecule has 1 saturated carbocycles. The second-order valence-corrected chi connectivity index (χ2v) is 4.86. The van der Waals surface area contributed by atoms with E-state index in [0.717, 1.165) is 32.1 Å². The summed E-state index contributed by atoms with van der Waals surface area (Å²) in [6, 6.07) is -0.132. The van der Waals surface area contributed by atoms with Crippen LogP contribution in [0.1, 0.15) is 32.1 Å². The topological polar surface area (TPSA) is 61.8 Å². The third-order valence-corrected chi connectivity index (χ3v) is 3.59. The number of rotatable bonds is 1. The Kier molecular flexibility index (Phi) is 4.62. The molecule has 17 heavy (non-hydrogen) atoms. The van der Waals surface area contributed by atoms with Crippen LogP contribution in [0.5, 0.6) is 0 Å². The SMILES string of the molecule is O=C(NC1CCCCCC1O)N1CCOCC1. The fourth-order valence-electron chi connectivity index (χ4n) is 2.47. The minimum absolute atomic E-state index is 0.0562. The third-order valence-electron chi connectivity index (χ3n) is 3.59. The quantitative estimate of drug-likeness (QED) is 0.666.